The smallest absolute Gasteiger partial charge is 0.309 e. The number of piperidine rings is 1. The number of nitrogens with zero attached hydrogens (tertiary/aromatic N) is 3. The summed E-state index contributed by atoms with van der Waals surface area (Å²) in [6.07, 6.45) is 10.7. The minimum atomic E-state index is -0.277. The number of hydrogen-bond donors (Lipinski definition) is 0. The van der Waals surface area contributed by atoms with Crippen molar-refractivity contribution in [3.05, 3.63) is 53.6 Å². The minimum Gasteiger partial charge on any atom is -0.493 e. The van der Waals surface area contributed by atoms with Crippen LogP contribution in [-0.2, 0) is 16.0 Å². The summed E-state index contributed by atoms with van der Waals surface area (Å²) in [5.74, 6) is 1.22. The SMILES string of the molecule is CCOC(=O)C1CC=C(c2ccc(OCC3CCN(c4ncc(CC)cn4)CC3)cc2F)CC1. The Morgan fingerprint density at radius 3 is 2.53 bits per heavy atom. The van der Waals surface area contributed by atoms with Gasteiger partial charge in [-0.1, -0.05) is 13.0 Å². The number of allylic oxidation sites excluding steroid dienone is 2. The first kappa shape index (κ1) is 24.2. The van der Waals surface area contributed by atoms with Gasteiger partial charge in [-0.05, 0) is 74.6 Å². The maximum absolute atomic E-state index is 14.8. The Kier molecular flexibility index (Phi) is 8.14. The molecule has 0 N–H and O–H groups in total. The normalized spacial score (nSPS) is 19.0. The molecule has 182 valence electrons. The van der Waals surface area contributed by atoms with Gasteiger partial charge in [0, 0.05) is 37.1 Å². The highest BCUT2D eigenvalue weighted by molar-refractivity contribution is 5.75. The van der Waals surface area contributed by atoms with Crippen molar-refractivity contribution in [2.75, 3.05) is 31.2 Å². The first-order valence-corrected chi connectivity index (χ1v) is 12.4. The van der Waals surface area contributed by atoms with Crippen LogP contribution >= 0.6 is 0 Å². The van der Waals surface area contributed by atoms with Crippen LogP contribution in [0.5, 0.6) is 5.75 Å². The van der Waals surface area contributed by atoms with Gasteiger partial charge in [-0.2, -0.15) is 0 Å². The highest BCUT2D eigenvalue weighted by Gasteiger charge is 2.25. The monoisotopic (exact) mass is 467 g/mol. The highest BCUT2D eigenvalue weighted by atomic mass is 19.1. The number of hydrogen-bond acceptors (Lipinski definition) is 6. The van der Waals surface area contributed by atoms with Gasteiger partial charge in [0.2, 0.25) is 5.95 Å². The van der Waals surface area contributed by atoms with Gasteiger partial charge in [-0.25, -0.2) is 14.4 Å². The molecule has 0 radical (unpaired) electrons. The summed E-state index contributed by atoms with van der Waals surface area (Å²) in [5.41, 5.74) is 2.69. The largest absolute Gasteiger partial charge is 0.493 e. The number of esters is 1. The lowest BCUT2D eigenvalue weighted by atomic mass is 9.86. The second-order valence-electron chi connectivity index (χ2n) is 9.08. The fourth-order valence-corrected chi connectivity index (χ4v) is 4.61. The predicted molar refractivity (Wildman–Crippen MR) is 130 cm³/mol. The van der Waals surface area contributed by atoms with Gasteiger partial charge in [0.1, 0.15) is 11.6 Å². The lowest BCUT2D eigenvalue weighted by Gasteiger charge is -2.31. The summed E-state index contributed by atoms with van der Waals surface area (Å²) in [5, 5.41) is 0. The molecule has 6 nitrogen and oxygen atoms in total. The van der Waals surface area contributed by atoms with Gasteiger partial charge in [-0.15, -0.1) is 0 Å². The van der Waals surface area contributed by atoms with E-state index < -0.39 is 0 Å². The van der Waals surface area contributed by atoms with Gasteiger partial charge in [0.15, 0.2) is 0 Å². The van der Waals surface area contributed by atoms with Crippen molar-refractivity contribution in [1.82, 2.24) is 9.97 Å². The Morgan fingerprint density at radius 1 is 1.15 bits per heavy atom. The standard InChI is InChI=1S/C27H34FN3O3/c1-3-19-16-29-27(30-17-19)31-13-11-20(12-14-31)18-34-23-9-10-24(25(28)15-23)21-5-7-22(8-6-21)26(32)33-4-2/h5,9-10,15-17,20,22H,3-4,6-8,11-14,18H2,1-2H3. The molecule has 7 heteroatoms. The summed E-state index contributed by atoms with van der Waals surface area (Å²) < 4.78 is 25.9. The quantitative estimate of drug-likeness (QED) is 0.496. The first-order chi connectivity index (χ1) is 16.6. The van der Waals surface area contributed by atoms with Crippen LogP contribution in [-0.4, -0.2) is 42.2 Å². The van der Waals surface area contributed by atoms with Crippen molar-refractivity contribution in [3.8, 4) is 5.75 Å². The maximum Gasteiger partial charge on any atom is 0.309 e. The summed E-state index contributed by atoms with van der Waals surface area (Å²) in [7, 11) is 0. The van der Waals surface area contributed by atoms with Crippen molar-refractivity contribution >= 4 is 17.5 Å². The van der Waals surface area contributed by atoms with Crippen LogP contribution in [0.4, 0.5) is 10.3 Å². The van der Waals surface area contributed by atoms with E-state index in [1.54, 1.807) is 6.07 Å². The van der Waals surface area contributed by atoms with E-state index in [0.29, 0.717) is 49.7 Å². The Bertz CT molecular complexity index is 1000. The van der Waals surface area contributed by atoms with E-state index in [0.717, 1.165) is 49.4 Å². The summed E-state index contributed by atoms with van der Waals surface area (Å²) in [4.78, 5) is 23.1. The number of ether oxygens (including phenoxy) is 2. The van der Waals surface area contributed by atoms with Crippen molar-refractivity contribution in [3.63, 3.8) is 0 Å². The molecule has 1 aromatic carbocycles. The zero-order valence-electron chi connectivity index (χ0n) is 20.1. The molecule has 1 aliphatic carbocycles. The fourth-order valence-electron chi connectivity index (χ4n) is 4.61. The molecule has 1 unspecified atom stereocenters. The molecule has 0 bridgehead atoms. The third-order valence-electron chi connectivity index (χ3n) is 6.80. The molecule has 1 saturated heterocycles. The van der Waals surface area contributed by atoms with Crippen molar-refractivity contribution < 1.29 is 18.7 Å². The minimum absolute atomic E-state index is 0.122. The molecule has 4 rings (SSSR count). The summed E-state index contributed by atoms with van der Waals surface area (Å²) in [6, 6.07) is 5.11. The summed E-state index contributed by atoms with van der Waals surface area (Å²) in [6.45, 7) is 6.67. The number of rotatable bonds is 8. The number of carbonyl (C=O) groups excluding carboxylic acids is 1. The zero-order valence-corrected chi connectivity index (χ0v) is 20.1. The molecule has 0 amide bonds. The molecule has 2 aromatic rings. The van der Waals surface area contributed by atoms with Crippen LogP contribution in [0.25, 0.3) is 5.57 Å². The fraction of sp³-hybridized carbons (Fsp3) is 0.519. The highest BCUT2D eigenvalue weighted by Crippen LogP contribution is 2.33. The van der Waals surface area contributed by atoms with Crippen molar-refractivity contribution in [1.29, 1.82) is 0 Å². The van der Waals surface area contributed by atoms with E-state index in [9.17, 15) is 9.18 Å². The molecule has 0 spiro atoms. The number of aromatic nitrogens is 2. The topological polar surface area (TPSA) is 64.6 Å². The Hall–Kier alpha value is -2.96. The van der Waals surface area contributed by atoms with E-state index in [2.05, 4.69) is 21.8 Å². The van der Waals surface area contributed by atoms with Gasteiger partial charge < -0.3 is 14.4 Å². The van der Waals surface area contributed by atoms with Gasteiger partial charge in [0.25, 0.3) is 0 Å². The molecule has 2 aliphatic rings. The molecular formula is C27H34FN3O3. The van der Waals surface area contributed by atoms with E-state index in [1.165, 1.54) is 6.07 Å². The molecule has 2 heterocycles. The number of benzene rings is 1. The first-order valence-electron chi connectivity index (χ1n) is 12.4. The number of aryl methyl sites for hydroxylation is 1. The van der Waals surface area contributed by atoms with Crippen LogP contribution in [0.2, 0.25) is 0 Å². The number of anilines is 1. The van der Waals surface area contributed by atoms with Crippen LogP contribution < -0.4 is 9.64 Å². The van der Waals surface area contributed by atoms with Crippen molar-refractivity contribution in [2.45, 2.75) is 52.4 Å². The molecule has 0 saturated carbocycles. The van der Waals surface area contributed by atoms with Gasteiger partial charge in [0.05, 0.1) is 19.1 Å². The Morgan fingerprint density at radius 2 is 1.91 bits per heavy atom. The van der Waals surface area contributed by atoms with E-state index in [-0.39, 0.29) is 17.7 Å². The summed E-state index contributed by atoms with van der Waals surface area (Å²) >= 11 is 0. The average Bonchev–Trinajstić information content (AvgIpc) is 2.88. The van der Waals surface area contributed by atoms with Gasteiger partial charge in [-0.3, -0.25) is 4.79 Å². The van der Waals surface area contributed by atoms with E-state index in [4.69, 9.17) is 9.47 Å². The third kappa shape index (κ3) is 5.93. The zero-order chi connectivity index (χ0) is 23.9. The lowest BCUT2D eigenvalue weighted by Crippen LogP contribution is -2.36. The number of carbonyl (C=O) groups is 1. The van der Waals surface area contributed by atoms with Crippen LogP contribution in [0.3, 0.4) is 0 Å². The second-order valence-corrected chi connectivity index (χ2v) is 9.08. The van der Waals surface area contributed by atoms with Crippen LogP contribution in [0, 0.1) is 17.7 Å². The van der Waals surface area contributed by atoms with Crippen molar-refractivity contribution in [2.24, 2.45) is 11.8 Å². The Balaban J connectivity index is 1.26. The second kappa shape index (κ2) is 11.4. The predicted octanol–water partition coefficient (Wildman–Crippen LogP) is 5.22. The molecule has 1 aliphatic heterocycles. The third-order valence-corrected chi connectivity index (χ3v) is 6.80. The van der Waals surface area contributed by atoms with Crippen LogP contribution in [0.1, 0.15) is 57.1 Å². The lowest BCUT2D eigenvalue weighted by molar-refractivity contribution is -0.148. The molecular weight excluding hydrogens is 433 g/mol. The molecule has 1 aromatic heterocycles. The Labute approximate surface area is 201 Å². The number of halogens is 1. The molecule has 34 heavy (non-hydrogen) atoms. The maximum atomic E-state index is 14.8. The van der Waals surface area contributed by atoms with E-state index >= 15 is 0 Å². The van der Waals surface area contributed by atoms with Crippen LogP contribution in [0.15, 0.2) is 36.7 Å². The molecule has 1 fully saturated rings. The average molecular weight is 468 g/mol. The van der Waals surface area contributed by atoms with Gasteiger partial charge >= 0.3 is 5.97 Å². The van der Waals surface area contributed by atoms with E-state index in [1.807, 2.05) is 31.5 Å². The molecule has 1 atom stereocenters.